The van der Waals surface area contributed by atoms with E-state index in [-0.39, 0.29) is 23.6 Å². The summed E-state index contributed by atoms with van der Waals surface area (Å²) in [4.78, 5) is 20.0. The average molecular weight is 603 g/mol. The standard InChI is InChI=1S/C25H39IN4O5/c1-5-25(6-2,24(27)34-7-3)29-22(31)20-8-9-21(30-13-19(14-30)32-4)23(28-20)35-16-18-12-17(18)15-33-11-10-26/h8-9,17-19,27H,5-7,10-16H2,1-4H3,(H,29,31)/t17-,18-/m1/s1. The molecule has 2 atom stereocenters. The molecule has 0 spiro atoms. The molecular formula is C25H39IN4O5. The van der Waals surface area contributed by atoms with Crippen LogP contribution in [0.1, 0.15) is 50.5 Å². The fraction of sp³-hybridized carbons (Fsp3) is 0.720. The Balaban J connectivity index is 1.72. The number of carbonyl (C=O) groups is 1. The molecule has 1 aliphatic heterocycles. The van der Waals surface area contributed by atoms with Gasteiger partial charge in [0.15, 0.2) is 0 Å². The summed E-state index contributed by atoms with van der Waals surface area (Å²) in [5.41, 5.74) is 0.268. The summed E-state index contributed by atoms with van der Waals surface area (Å²) in [6.07, 6.45) is 2.36. The number of hydrogen-bond acceptors (Lipinski definition) is 8. The number of aromatic nitrogens is 1. The molecule has 1 aliphatic carbocycles. The minimum absolute atomic E-state index is 0.0715. The van der Waals surface area contributed by atoms with E-state index in [0.717, 1.165) is 42.8 Å². The van der Waals surface area contributed by atoms with Gasteiger partial charge in [0.1, 0.15) is 16.9 Å². The Labute approximate surface area is 222 Å². The smallest absolute Gasteiger partial charge is 0.270 e. The van der Waals surface area contributed by atoms with Crippen molar-refractivity contribution in [3.05, 3.63) is 17.8 Å². The summed E-state index contributed by atoms with van der Waals surface area (Å²) in [6.45, 7) is 9.71. The van der Waals surface area contributed by atoms with Crippen LogP contribution in [0.3, 0.4) is 0 Å². The maximum atomic E-state index is 13.2. The van der Waals surface area contributed by atoms with Gasteiger partial charge in [-0.1, -0.05) is 36.4 Å². The molecule has 9 nitrogen and oxygen atoms in total. The molecule has 1 aromatic heterocycles. The van der Waals surface area contributed by atoms with Gasteiger partial charge in [-0.15, -0.1) is 0 Å². The first-order chi connectivity index (χ1) is 16.9. The zero-order valence-electron chi connectivity index (χ0n) is 21.3. The lowest BCUT2D eigenvalue weighted by Gasteiger charge is -2.40. The van der Waals surface area contributed by atoms with E-state index in [1.807, 2.05) is 26.8 Å². The van der Waals surface area contributed by atoms with Crippen LogP contribution in [0.15, 0.2) is 12.1 Å². The Morgan fingerprint density at radius 1 is 1.23 bits per heavy atom. The molecule has 1 aromatic rings. The molecule has 10 heteroatoms. The highest BCUT2D eigenvalue weighted by atomic mass is 127. The second-order valence-corrected chi connectivity index (χ2v) is 10.2. The van der Waals surface area contributed by atoms with E-state index in [2.05, 4.69) is 37.8 Å². The minimum Gasteiger partial charge on any atom is -0.480 e. The van der Waals surface area contributed by atoms with Crippen LogP contribution in [0.2, 0.25) is 0 Å². The number of amides is 1. The fourth-order valence-electron chi connectivity index (χ4n) is 4.25. The van der Waals surface area contributed by atoms with Gasteiger partial charge in [-0.2, -0.15) is 0 Å². The van der Waals surface area contributed by atoms with Crippen molar-refractivity contribution in [2.24, 2.45) is 11.8 Å². The highest BCUT2D eigenvalue weighted by Gasteiger charge is 2.39. The van der Waals surface area contributed by atoms with Crippen LogP contribution in [0.5, 0.6) is 5.88 Å². The van der Waals surface area contributed by atoms with Gasteiger partial charge in [0.05, 0.1) is 25.9 Å². The SMILES string of the molecule is CCOC(=N)C(CC)(CC)NC(=O)c1ccc(N2CC(OC)C2)c(OC[C@H]2C[C@@H]2COCCI)n1. The van der Waals surface area contributed by atoms with Crippen LogP contribution >= 0.6 is 22.6 Å². The molecule has 0 bridgehead atoms. The number of halogens is 1. The number of ether oxygens (including phenoxy) is 4. The van der Waals surface area contributed by atoms with Gasteiger partial charge in [0.25, 0.3) is 5.91 Å². The quantitative estimate of drug-likeness (QED) is 0.104. The van der Waals surface area contributed by atoms with Crippen molar-refractivity contribution in [2.45, 2.75) is 51.7 Å². The number of anilines is 1. The maximum Gasteiger partial charge on any atom is 0.270 e. The van der Waals surface area contributed by atoms with Crippen molar-refractivity contribution in [2.75, 3.05) is 56.0 Å². The van der Waals surface area contributed by atoms with Crippen LogP contribution in [-0.4, -0.2) is 79.5 Å². The van der Waals surface area contributed by atoms with E-state index >= 15 is 0 Å². The van der Waals surface area contributed by atoms with E-state index in [9.17, 15) is 4.79 Å². The molecule has 1 amide bonds. The summed E-state index contributed by atoms with van der Waals surface area (Å²) in [5, 5.41) is 11.3. The zero-order chi connectivity index (χ0) is 25.4. The van der Waals surface area contributed by atoms with Crippen LogP contribution in [-0.2, 0) is 14.2 Å². The summed E-state index contributed by atoms with van der Waals surface area (Å²) in [7, 11) is 1.71. The third kappa shape index (κ3) is 6.97. The lowest BCUT2D eigenvalue weighted by atomic mass is 9.92. The number of hydrogen-bond donors (Lipinski definition) is 2. The Kier molecular flexibility index (Phi) is 10.4. The molecule has 35 heavy (non-hydrogen) atoms. The van der Waals surface area contributed by atoms with E-state index in [1.165, 1.54) is 0 Å². The molecule has 0 radical (unpaired) electrons. The van der Waals surface area contributed by atoms with Crippen molar-refractivity contribution >= 4 is 40.1 Å². The number of rotatable bonds is 15. The second-order valence-electron chi connectivity index (χ2n) is 9.12. The number of alkyl halides is 1. The number of methoxy groups -OCH3 is 1. The molecule has 1 saturated heterocycles. The summed E-state index contributed by atoms with van der Waals surface area (Å²) < 4.78 is 23.7. The Morgan fingerprint density at radius 2 is 1.94 bits per heavy atom. The molecule has 0 aromatic carbocycles. The molecule has 2 aliphatic rings. The highest BCUT2D eigenvalue weighted by molar-refractivity contribution is 14.1. The monoisotopic (exact) mass is 602 g/mol. The Morgan fingerprint density at radius 3 is 2.57 bits per heavy atom. The first kappa shape index (κ1) is 27.9. The third-order valence-corrected chi connectivity index (χ3v) is 7.38. The van der Waals surface area contributed by atoms with Gasteiger partial charge in [-0.05, 0) is 50.2 Å². The van der Waals surface area contributed by atoms with Crippen molar-refractivity contribution < 1.29 is 23.7 Å². The van der Waals surface area contributed by atoms with Gasteiger partial charge in [-0.3, -0.25) is 10.2 Å². The molecule has 196 valence electrons. The predicted octanol–water partition coefficient (Wildman–Crippen LogP) is 3.69. The lowest BCUT2D eigenvalue weighted by Crippen LogP contribution is -2.54. The van der Waals surface area contributed by atoms with Crippen LogP contribution in [0, 0.1) is 17.2 Å². The van der Waals surface area contributed by atoms with Crippen LogP contribution in [0.25, 0.3) is 0 Å². The molecule has 1 saturated carbocycles. The van der Waals surface area contributed by atoms with Crippen LogP contribution in [0.4, 0.5) is 5.69 Å². The molecule has 2 heterocycles. The fourth-order valence-corrected chi connectivity index (χ4v) is 4.56. The van der Waals surface area contributed by atoms with Gasteiger partial charge in [0.2, 0.25) is 11.8 Å². The van der Waals surface area contributed by atoms with Gasteiger partial charge < -0.3 is 29.2 Å². The summed E-state index contributed by atoms with van der Waals surface area (Å²) >= 11 is 2.31. The predicted molar refractivity (Wildman–Crippen MR) is 144 cm³/mol. The maximum absolute atomic E-state index is 13.2. The molecule has 2 N–H and O–H groups in total. The van der Waals surface area contributed by atoms with E-state index in [4.69, 9.17) is 24.4 Å². The van der Waals surface area contributed by atoms with Gasteiger partial charge >= 0.3 is 0 Å². The van der Waals surface area contributed by atoms with Gasteiger partial charge in [0, 0.05) is 31.2 Å². The van der Waals surface area contributed by atoms with Crippen molar-refractivity contribution in [1.29, 1.82) is 5.41 Å². The van der Waals surface area contributed by atoms with E-state index in [1.54, 1.807) is 13.2 Å². The Hall–Kier alpha value is -1.66. The average Bonchev–Trinajstić information content (AvgIpc) is 3.59. The van der Waals surface area contributed by atoms with Crippen molar-refractivity contribution in [1.82, 2.24) is 10.3 Å². The Bertz CT molecular complexity index is 860. The largest absolute Gasteiger partial charge is 0.480 e. The molecular weight excluding hydrogens is 563 g/mol. The summed E-state index contributed by atoms with van der Waals surface area (Å²) in [6, 6.07) is 3.61. The second kappa shape index (κ2) is 13.0. The first-order valence-corrected chi connectivity index (χ1v) is 14.0. The normalized spacial score (nSPS) is 19.7. The van der Waals surface area contributed by atoms with E-state index in [0.29, 0.717) is 43.8 Å². The van der Waals surface area contributed by atoms with Gasteiger partial charge in [-0.25, -0.2) is 4.98 Å². The lowest BCUT2D eigenvalue weighted by molar-refractivity contribution is 0.0781. The number of nitrogens with one attached hydrogen (secondary N) is 2. The molecule has 3 rings (SSSR count). The first-order valence-electron chi connectivity index (χ1n) is 12.5. The number of pyridine rings is 1. The highest BCUT2D eigenvalue weighted by Crippen LogP contribution is 2.40. The summed E-state index contributed by atoms with van der Waals surface area (Å²) in [5.74, 6) is 1.16. The van der Waals surface area contributed by atoms with E-state index < -0.39 is 5.54 Å². The molecule has 0 unspecified atom stereocenters. The number of carbonyl (C=O) groups excluding carboxylic acids is 1. The number of nitrogens with zero attached hydrogens (tertiary/aromatic N) is 2. The third-order valence-electron chi connectivity index (χ3n) is 6.93. The van der Waals surface area contributed by atoms with Crippen molar-refractivity contribution in [3.63, 3.8) is 0 Å². The minimum atomic E-state index is -0.864. The molecule has 2 fully saturated rings. The van der Waals surface area contributed by atoms with Crippen molar-refractivity contribution in [3.8, 4) is 5.88 Å². The topological polar surface area (TPSA) is 106 Å². The van der Waals surface area contributed by atoms with Crippen LogP contribution < -0.4 is 15.0 Å². The zero-order valence-corrected chi connectivity index (χ0v) is 23.4.